The van der Waals surface area contributed by atoms with Crippen LogP contribution in [0.4, 0.5) is 0 Å². The predicted octanol–water partition coefficient (Wildman–Crippen LogP) is 2.52. The first-order valence-corrected chi connectivity index (χ1v) is 4.67. The zero-order valence-corrected chi connectivity index (χ0v) is 9.14. The molecule has 1 aromatic rings. The Morgan fingerprint density at radius 3 is 2.67 bits per heavy atom. The van der Waals surface area contributed by atoms with E-state index in [-0.39, 0.29) is 0 Å². The number of hydrogen-bond donors (Lipinski definition) is 0. The van der Waals surface area contributed by atoms with E-state index in [4.69, 9.17) is 0 Å². The predicted molar refractivity (Wildman–Crippen MR) is 63.1 cm³/mol. The largest absolute Gasteiger partial charge is 0.255 e. The first kappa shape index (κ1) is 11.2. The molecule has 78 valence electrons. The van der Waals surface area contributed by atoms with Gasteiger partial charge in [0.05, 0.1) is 6.20 Å². The second-order valence-electron chi connectivity index (χ2n) is 3.23. The number of rotatable bonds is 4. The minimum atomic E-state index is 0.832. The summed E-state index contributed by atoms with van der Waals surface area (Å²) in [5, 5.41) is 7.93. The van der Waals surface area contributed by atoms with Gasteiger partial charge in [0, 0.05) is 12.6 Å². The number of hydrogen-bond acceptors (Lipinski definition) is 2. The van der Waals surface area contributed by atoms with Gasteiger partial charge < -0.3 is 0 Å². The van der Waals surface area contributed by atoms with Crippen molar-refractivity contribution in [1.82, 2.24) is 15.0 Å². The van der Waals surface area contributed by atoms with Gasteiger partial charge in [0.1, 0.15) is 5.69 Å². The van der Waals surface area contributed by atoms with Crippen LogP contribution in [0.15, 0.2) is 49.2 Å². The highest BCUT2D eigenvalue weighted by molar-refractivity contribution is 5.73. The van der Waals surface area contributed by atoms with Crippen molar-refractivity contribution in [3.8, 4) is 0 Å². The number of aromatic nitrogens is 3. The van der Waals surface area contributed by atoms with Crippen molar-refractivity contribution in [1.29, 1.82) is 0 Å². The molecule has 0 aliphatic rings. The molecule has 0 aliphatic heterocycles. The van der Waals surface area contributed by atoms with E-state index in [0.29, 0.717) is 0 Å². The van der Waals surface area contributed by atoms with Crippen molar-refractivity contribution in [3.63, 3.8) is 0 Å². The van der Waals surface area contributed by atoms with E-state index < -0.39 is 0 Å². The number of allylic oxidation sites excluding steroid dienone is 6. The molecule has 0 amide bonds. The average molecular weight is 201 g/mol. The number of nitrogens with zero attached hydrogens (tertiary/aromatic N) is 3. The summed E-state index contributed by atoms with van der Waals surface area (Å²) in [6, 6.07) is 0. The Balaban J connectivity index is 3.09. The van der Waals surface area contributed by atoms with Gasteiger partial charge in [0.25, 0.3) is 0 Å². The summed E-state index contributed by atoms with van der Waals surface area (Å²) in [7, 11) is 1.84. The molecule has 3 nitrogen and oxygen atoms in total. The molecule has 0 unspecified atom stereocenters. The van der Waals surface area contributed by atoms with Gasteiger partial charge in [-0.25, -0.2) is 0 Å². The molecule has 0 saturated carbocycles. The van der Waals surface area contributed by atoms with E-state index in [2.05, 4.69) is 23.5 Å². The quantitative estimate of drug-likeness (QED) is 0.701. The lowest BCUT2D eigenvalue weighted by molar-refractivity contribution is 0.714. The Morgan fingerprint density at radius 1 is 1.47 bits per heavy atom. The first-order valence-electron chi connectivity index (χ1n) is 4.67. The molecule has 15 heavy (non-hydrogen) atoms. The van der Waals surface area contributed by atoms with Gasteiger partial charge >= 0.3 is 0 Å². The SMILES string of the molecule is C=C/C=C(\C=C(\C)C=C)c1cn(C)nn1. The highest BCUT2D eigenvalue weighted by atomic mass is 15.4. The third-order valence-electron chi connectivity index (χ3n) is 1.90. The van der Waals surface area contributed by atoms with Crippen LogP contribution in [0.1, 0.15) is 12.6 Å². The topological polar surface area (TPSA) is 30.7 Å². The van der Waals surface area contributed by atoms with Crippen LogP contribution in [0.2, 0.25) is 0 Å². The normalized spacial score (nSPS) is 12.7. The zero-order valence-electron chi connectivity index (χ0n) is 9.14. The van der Waals surface area contributed by atoms with E-state index in [1.807, 2.05) is 32.3 Å². The fraction of sp³-hybridized carbons (Fsp3) is 0.167. The van der Waals surface area contributed by atoms with Gasteiger partial charge in [0.15, 0.2) is 0 Å². The van der Waals surface area contributed by atoms with E-state index in [0.717, 1.165) is 16.8 Å². The van der Waals surface area contributed by atoms with Crippen LogP contribution in [-0.4, -0.2) is 15.0 Å². The van der Waals surface area contributed by atoms with Gasteiger partial charge in [-0.15, -0.1) is 5.10 Å². The summed E-state index contributed by atoms with van der Waals surface area (Å²) in [5.41, 5.74) is 2.89. The highest BCUT2D eigenvalue weighted by Crippen LogP contribution is 2.15. The molecule has 0 aromatic carbocycles. The molecule has 1 heterocycles. The standard InChI is InChI=1S/C12H15N3/c1-5-7-11(8-10(3)6-2)12-9-15(4)14-13-12/h5-9H,1-2H2,3-4H3/b10-8-,11-7+. The first-order chi connectivity index (χ1) is 7.17. The lowest BCUT2D eigenvalue weighted by Crippen LogP contribution is -1.85. The molecule has 0 bridgehead atoms. The Morgan fingerprint density at radius 2 is 2.20 bits per heavy atom. The van der Waals surface area contributed by atoms with Crippen molar-refractivity contribution >= 4 is 5.57 Å². The second-order valence-corrected chi connectivity index (χ2v) is 3.23. The third-order valence-corrected chi connectivity index (χ3v) is 1.90. The molecule has 1 aromatic heterocycles. The lowest BCUT2D eigenvalue weighted by Gasteiger charge is -1.96. The van der Waals surface area contributed by atoms with Crippen molar-refractivity contribution < 1.29 is 0 Å². The summed E-state index contributed by atoms with van der Waals surface area (Å²) in [6.45, 7) is 9.38. The maximum absolute atomic E-state index is 4.04. The van der Waals surface area contributed by atoms with Crippen LogP contribution in [0.3, 0.4) is 0 Å². The van der Waals surface area contributed by atoms with E-state index in [9.17, 15) is 0 Å². The van der Waals surface area contributed by atoms with Crippen LogP contribution in [0.5, 0.6) is 0 Å². The Hall–Kier alpha value is -1.90. The Labute approximate surface area is 90.1 Å². The van der Waals surface area contributed by atoms with Gasteiger partial charge in [-0.05, 0) is 13.0 Å². The molecule has 0 saturated heterocycles. The molecule has 0 spiro atoms. The maximum atomic E-state index is 4.04. The van der Waals surface area contributed by atoms with Crippen LogP contribution < -0.4 is 0 Å². The molecular weight excluding hydrogens is 186 g/mol. The Bertz CT molecular complexity index is 422. The minimum Gasteiger partial charge on any atom is -0.255 e. The molecule has 0 atom stereocenters. The summed E-state index contributed by atoms with van der Waals surface area (Å²) in [5.74, 6) is 0. The maximum Gasteiger partial charge on any atom is 0.113 e. The van der Waals surface area contributed by atoms with Crippen LogP contribution in [0, 0.1) is 0 Å². The average Bonchev–Trinajstić information content (AvgIpc) is 2.64. The van der Waals surface area contributed by atoms with E-state index in [1.54, 1.807) is 16.8 Å². The van der Waals surface area contributed by atoms with Crippen molar-refractivity contribution in [3.05, 3.63) is 54.9 Å². The summed E-state index contributed by atoms with van der Waals surface area (Å²) in [6.07, 6.45) is 9.29. The van der Waals surface area contributed by atoms with Crippen LogP contribution in [-0.2, 0) is 7.05 Å². The lowest BCUT2D eigenvalue weighted by atomic mass is 10.1. The smallest absolute Gasteiger partial charge is 0.113 e. The van der Waals surface area contributed by atoms with Crippen molar-refractivity contribution in [2.24, 2.45) is 7.05 Å². The summed E-state index contributed by atoms with van der Waals surface area (Å²) < 4.78 is 1.67. The molecular formula is C12H15N3. The van der Waals surface area contributed by atoms with E-state index >= 15 is 0 Å². The minimum absolute atomic E-state index is 0.832. The fourth-order valence-corrected chi connectivity index (χ4v) is 1.12. The monoisotopic (exact) mass is 201 g/mol. The van der Waals surface area contributed by atoms with Gasteiger partial charge in [-0.3, -0.25) is 4.68 Å². The molecule has 0 fully saturated rings. The van der Waals surface area contributed by atoms with Crippen LogP contribution >= 0.6 is 0 Å². The van der Waals surface area contributed by atoms with Crippen LogP contribution in [0.25, 0.3) is 5.57 Å². The van der Waals surface area contributed by atoms with Crippen molar-refractivity contribution in [2.45, 2.75) is 6.92 Å². The highest BCUT2D eigenvalue weighted by Gasteiger charge is 2.02. The Kier molecular flexibility index (Phi) is 3.80. The fourth-order valence-electron chi connectivity index (χ4n) is 1.12. The van der Waals surface area contributed by atoms with Gasteiger partial charge in [-0.2, -0.15) is 0 Å². The third kappa shape index (κ3) is 3.06. The molecule has 0 radical (unpaired) electrons. The summed E-state index contributed by atoms with van der Waals surface area (Å²) >= 11 is 0. The van der Waals surface area contributed by atoms with Gasteiger partial charge in [-0.1, -0.05) is 42.2 Å². The molecule has 0 aliphatic carbocycles. The molecule has 0 N–H and O–H groups in total. The van der Waals surface area contributed by atoms with Crippen molar-refractivity contribution in [2.75, 3.05) is 0 Å². The number of aryl methyl sites for hydroxylation is 1. The summed E-state index contributed by atoms with van der Waals surface area (Å²) in [4.78, 5) is 0. The zero-order chi connectivity index (χ0) is 11.3. The van der Waals surface area contributed by atoms with E-state index in [1.165, 1.54) is 0 Å². The molecule has 1 rings (SSSR count). The van der Waals surface area contributed by atoms with Gasteiger partial charge in [0.2, 0.25) is 0 Å². The molecule has 3 heteroatoms. The second kappa shape index (κ2) is 5.10.